The Balaban J connectivity index is 2.42. The molecule has 0 unspecified atom stereocenters. The first-order chi connectivity index (χ1) is 9.51. The minimum atomic E-state index is -0.537. The lowest BCUT2D eigenvalue weighted by molar-refractivity contribution is -0.385. The van der Waals surface area contributed by atoms with Crippen LogP contribution in [0.15, 0.2) is 40.9 Å². The molecule has 4 nitrogen and oxygen atoms in total. The lowest BCUT2D eigenvalue weighted by atomic mass is 10.2. The van der Waals surface area contributed by atoms with E-state index in [-0.39, 0.29) is 17.2 Å². The topological polar surface area (TPSA) is 52.4 Å². The van der Waals surface area contributed by atoms with Crippen molar-refractivity contribution >= 4 is 37.5 Å². The number of halogens is 3. The molecule has 0 aromatic heterocycles. The van der Waals surface area contributed by atoms with Crippen LogP contribution in [0.4, 0.5) is 10.1 Å². The summed E-state index contributed by atoms with van der Waals surface area (Å²) in [4.78, 5) is 10.3. The molecule has 0 radical (unpaired) electrons. The highest BCUT2D eigenvalue weighted by Crippen LogP contribution is 2.33. The van der Waals surface area contributed by atoms with E-state index in [1.807, 2.05) is 0 Å². The summed E-state index contributed by atoms with van der Waals surface area (Å²) in [6.07, 6.45) is 0. The molecule has 104 valence electrons. The van der Waals surface area contributed by atoms with Crippen molar-refractivity contribution in [1.29, 1.82) is 0 Å². The lowest BCUT2D eigenvalue weighted by Crippen LogP contribution is -1.95. The molecule has 0 saturated heterocycles. The first kappa shape index (κ1) is 14.9. The fraction of sp³-hybridized carbons (Fsp3) is 0.0769. The van der Waals surface area contributed by atoms with Gasteiger partial charge in [-0.2, -0.15) is 0 Å². The van der Waals surface area contributed by atoms with Crippen LogP contribution in [0, 0.1) is 15.9 Å². The average molecular weight is 405 g/mol. The minimum Gasteiger partial charge on any atom is -0.454 e. The Morgan fingerprint density at radius 1 is 1.30 bits per heavy atom. The van der Waals surface area contributed by atoms with E-state index >= 15 is 0 Å². The van der Waals surface area contributed by atoms with Gasteiger partial charge in [-0.25, -0.2) is 4.39 Å². The van der Waals surface area contributed by atoms with E-state index in [4.69, 9.17) is 4.74 Å². The Morgan fingerprint density at radius 2 is 2.05 bits per heavy atom. The van der Waals surface area contributed by atoms with Crippen molar-refractivity contribution in [3.63, 3.8) is 0 Å². The molecule has 0 bridgehead atoms. The molecule has 0 atom stereocenters. The second-order valence-electron chi connectivity index (χ2n) is 3.87. The Kier molecular flexibility index (Phi) is 4.72. The Morgan fingerprint density at radius 3 is 2.70 bits per heavy atom. The van der Waals surface area contributed by atoms with Gasteiger partial charge in [-0.05, 0) is 12.1 Å². The summed E-state index contributed by atoms with van der Waals surface area (Å²) in [5.41, 5.74) is 0.485. The standard InChI is InChI=1S/C13H8Br2FNO3/c14-7-8-2-1-3-12(16)13(8)20-11-5-9(15)4-10(6-11)17(18)19/h1-6H,7H2. The predicted octanol–water partition coefficient (Wildman–Crippen LogP) is 5.18. The van der Waals surface area contributed by atoms with Crippen molar-refractivity contribution in [2.24, 2.45) is 0 Å². The summed E-state index contributed by atoms with van der Waals surface area (Å²) < 4.78 is 19.7. The molecule has 20 heavy (non-hydrogen) atoms. The van der Waals surface area contributed by atoms with Gasteiger partial charge in [0.15, 0.2) is 11.6 Å². The second kappa shape index (κ2) is 6.32. The third-order valence-electron chi connectivity index (χ3n) is 2.48. The Bertz CT molecular complexity index is 664. The quantitative estimate of drug-likeness (QED) is 0.400. The van der Waals surface area contributed by atoms with Gasteiger partial charge in [-0.15, -0.1) is 0 Å². The molecule has 2 rings (SSSR count). The zero-order valence-corrected chi connectivity index (χ0v) is 13.1. The molecular weight excluding hydrogens is 397 g/mol. The zero-order chi connectivity index (χ0) is 14.7. The molecule has 0 aliphatic carbocycles. The smallest absolute Gasteiger partial charge is 0.274 e. The number of ether oxygens (including phenoxy) is 1. The van der Waals surface area contributed by atoms with Crippen LogP contribution in [0.25, 0.3) is 0 Å². The largest absolute Gasteiger partial charge is 0.454 e. The van der Waals surface area contributed by atoms with Gasteiger partial charge >= 0.3 is 0 Å². The van der Waals surface area contributed by atoms with Crippen molar-refractivity contribution in [2.45, 2.75) is 5.33 Å². The van der Waals surface area contributed by atoms with Gasteiger partial charge in [0, 0.05) is 21.4 Å². The summed E-state index contributed by atoms with van der Waals surface area (Å²) >= 11 is 6.41. The third-order valence-corrected chi connectivity index (χ3v) is 3.54. The monoisotopic (exact) mass is 403 g/mol. The van der Waals surface area contributed by atoms with E-state index in [1.54, 1.807) is 12.1 Å². The average Bonchev–Trinajstić information content (AvgIpc) is 2.40. The fourth-order valence-corrected chi connectivity index (χ4v) is 2.50. The molecule has 2 aromatic rings. The summed E-state index contributed by atoms with van der Waals surface area (Å²) in [5.74, 6) is -0.278. The predicted molar refractivity (Wildman–Crippen MR) is 79.9 cm³/mol. The highest BCUT2D eigenvalue weighted by molar-refractivity contribution is 9.10. The maximum absolute atomic E-state index is 13.8. The number of nitro benzene ring substituents is 1. The number of alkyl halides is 1. The fourth-order valence-electron chi connectivity index (χ4n) is 1.60. The summed E-state index contributed by atoms with van der Waals surface area (Å²) in [6.45, 7) is 0. The van der Waals surface area contributed by atoms with Crippen molar-refractivity contribution < 1.29 is 14.1 Å². The summed E-state index contributed by atoms with van der Waals surface area (Å²) in [7, 11) is 0. The summed E-state index contributed by atoms with van der Waals surface area (Å²) in [6, 6.07) is 8.68. The van der Waals surface area contributed by atoms with E-state index in [9.17, 15) is 14.5 Å². The van der Waals surface area contributed by atoms with Crippen LogP contribution in [0.1, 0.15) is 5.56 Å². The number of nitrogens with zero attached hydrogens (tertiary/aromatic N) is 1. The Labute approximate surface area is 131 Å². The number of hydrogen-bond donors (Lipinski definition) is 0. The van der Waals surface area contributed by atoms with Crippen LogP contribution in [0.3, 0.4) is 0 Å². The lowest BCUT2D eigenvalue weighted by Gasteiger charge is -2.10. The third kappa shape index (κ3) is 3.34. The van der Waals surface area contributed by atoms with Gasteiger partial charge in [-0.3, -0.25) is 10.1 Å². The van der Waals surface area contributed by atoms with Crippen LogP contribution in [-0.4, -0.2) is 4.92 Å². The highest BCUT2D eigenvalue weighted by Gasteiger charge is 2.14. The van der Waals surface area contributed by atoms with Crippen molar-refractivity contribution in [1.82, 2.24) is 0 Å². The first-order valence-corrected chi connectivity index (χ1v) is 7.39. The van der Waals surface area contributed by atoms with E-state index in [0.29, 0.717) is 15.4 Å². The van der Waals surface area contributed by atoms with Gasteiger partial charge < -0.3 is 4.74 Å². The summed E-state index contributed by atoms with van der Waals surface area (Å²) in [5, 5.41) is 11.2. The van der Waals surface area contributed by atoms with Crippen LogP contribution < -0.4 is 4.74 Å². The number of non-ortho nitro benzene ring substituents is 1. The van der Waals surface area contributed by atoms with Crippen LogP contribution in [-0.2, 0) is 5.33 Å². The second-order valence-corrected chi connectivity index (χ2v) is 5.34. The molecular formula is C13H8Br2FNO3. The molecule has 7 heteroatoms. The van der Waals surface area contributed by atoms with E-state index < -0.39 is 10.7 Å². The number of hydrogen-bond acceptors (Lipinski definition) is 3. The van der Waals surface area contributed by atoms with Gasteiger partial charge in [-0.1, -0.05) is 44.0 Å². The molecule has 0 amide bonds. The van der Waals surface area contributed by atoms with E-state index in [0.717, 1.165) is 0 Å². The Hall–Kier alpha value is -1.47. The molecule has 0 saturated carbocycles. The van der Waals surface area contributed by atoms with Crippen molar-refractivity contribution in [3.8, 4) is 11.5 Å². The van der Waals surface area contributed by atoms with Gasteiger partial charge in [0.05, 0.1) is 11.0 Å². The number of nitro groups is 1. The maximum Gasteiger partial charge on any atom is 0.274 e. The van der Waals surface area contributed by atoms with Crippen molar-refractivity contribution in [2.75, 3.05) is 0 Å². The van der Waals surface area contributed by atoms with Crippen LogP contribution in [0.5, 0.6) is 11.5 Å². The normalized spacial score (nSPS) is 10.3. The number of para-hydroxylation sites is 1. The first-order valence-electron chi connectivity index (χ1n) is 5.47. The molecule has 0 aliphatic rings. The maximum atomic E-state index is 13.8. The van der Waals surface area contributed by atoms with Crippen molar-refractivity contribution in [3.05, 3.63) is 62.4 Å². The van der Waals surface area contributed by atoms with Gasteiger partial charge in [0.1, 0.15) is 5.75 Å². The molecule has 0 spiro atoms. The molecule has 0 heterocycles. The number of benzene rings is 2. The number of rotatable bonds is 4. The molecule has 0 N–H and O–H groups in total. The van der Waals surface area contributed by atoms with Gasteiger partial charge in [0.2, 0.25) is 0 Å². The van der Waals surface area contributed by atoms with E-state index in [2.05, 4.69) is 31.9 Å². The zero-order valence-electron chi connectivity index (χ0n) is 9.98. The highest BCUT2D eigenvalue weighted by atomic mass is 79.9. The minimum absolute atomic E-state index is 0.0526. The molecule has 0 aliphatic heterocycles. The van der Waals surface area contributed by atoms with Gasteiger partial charge in [0.25, 0.3) is 5.69 Å². The molecule has 2 aromatic carbocycles. The SMILES string of the molecule is O=[N+]([O-])c1cc(Br)cc(Oc2c(F)cccc2CBr)c1. The van der Waals surface area contributed by atoms with Crippen LogP contribution in [0.2, 0.25) is 0 Å². The van der Waals surface area contributed by atoms with E-state index in [1.165, 1.54) is 24.3 Å². The van der Waals surface area contributed by atoms with Crippen LogP contribution >= 0.6 is 31.9 Å². The molecule has 0 fully saturated rings.